The predicted molar refractivity (Wildman–Crippen MR) is 117 cm³/mol. The standard InChI is InChI=1S/C22H28N2O6S/c1-15-7-10-19(29-3)21(12-15)31(26,27)24-11-5-6-16(14-24)22(25)23-18-9-8-17(28-2)13-20(18)30-4/h7-10,12-13,16H,5-6,11,14H2,1-4H3,(H,23,25)/t16-/m1/s1. The molecule has 0 radical (unpaired) electrons. The fraction of sp³-hybridized carbons (Fsp3) is 0.409. The molecule has 1 saturated heterocycles. The van der Waals surface area contributed by atoms with Crippen molar-refractivity contribution in [3.63, 3.8) is 0 Å². The third-order valence-electron chi connectivity index (χ3n) is 5.36. The minimum absolute atomic E-state index is 0.101. The van der Waals surface area contributed by atoms with E-state index in [1.165, 1.54) is 18.5 Å². The Morgan fingerprint density at radius 2 is 1.77 bits per heavy atom. The number of hydrogen-bond donors (Lipinski definition) is 1. The van der Waals surface area contributed by atoms with Crippen molar-refractivity contribution in [1.29, 1.82) is 0 Å². The number of sulfonamides is 1. The van der Waals surface area contributed by atoms with Gasteiger partial charge in [0, 0.05) is 19.2 Å². The van der Waals surface area contributed by atoms with Crippen LogP contribution < -0.4 is 19.5 Å². The average molecular weight is 449 g/mol. The van der Waals surface area contributed by atoms with E-state index in [1.54, 1.807) is 43.5 Å². The summed E-state index contributed by atoms with van der Waals surface area (Å²) >= 11 is 0. The van der Waals surface area contributed by atoms with Crippen molar-refractivity contribution < 1.29 is 27.4 Å². The van der Waals surface area contributed by atoms with E-state index in [-0.39, 0.29) is 17.3 Å². The molecule has 2 aromatic rings. The molecule has 0 saturated carbocycles. The molecule has 1 amide bonds. The van der Waals surface area contributed by atoms with Crippen LogP contribution >= 0.6 is 0 Å². The smallest absolute Gasteiger partial charge is 0.246 e. The summed E-state index contributed by atoms with van der Waals surface area (Å²) in [4.78, 5) is 13.1. The van der Waals surface area contributed by atoms with Crippen LogP contribution in [0, 0.1) is 12.8 Å². The molecule has 1 aliphatic heterocycles. The molecule has 0 bridgehead atoms. The third-order valence-corrected chi connectivity index (χ3v) is 7.24. The lowest BCUT2D eigenvalue weighted by atomic mass is 9.98. The molecule has 1 atom stereocenters. The number of carbonyl (C=O) groups is 1. The van der Waals surface area contributed by atoms with Gasteiger partial charge in [0.05, 0.1) is 32.9 Å². The zero-order valence-electron chi connectivity index (χ0n) is 18.2. The van der Waals surface area contributed by atoms with E-state index >= 15 is 0 Å². The van der Waals surface area contributed by atoms with Gasteiger partial charge in [0.1, 0.15) is 22.1 Å². The number of anilines is 1. The Bertz CT molecular complexity index is 1050. The summed E-state index contributed by atoms with van der Waals surface area (Å²) in [7, 11) is 0.699. The quantitative estimate of drug-likeness (QED) is 0.700. The number of rotatable bonds is 7. The summed E-state index contributed by atoms with van der Waals surface area (Å²) in [6.07, 6.45) is 1.19. The second-order valence-corrected chi connectivity index (χ2v) is 9.32. The van der Waals surface area contributed by atoms with Crippen LogP contribution in [0.5, 0.6) is 17.2 Å². The number of nitrogens with one attached hydrogen (secondary N) is 1. The second-order valence-electron chi connectivity index (χ2n) is 7.41. The number of ether oxygens (including phenoxy) is 3. The first-order valence-electron chi connectivity index (χ1n) is 9.97. The number of aryl methyl sites for hydroxylation is 1. The van der Waals surface area contributed by atoms with Gasteiger partial charge < -0.3 is 19.5 Å². The summed E-state index contributed by atoms with van der Waals surface area (Å²) in [6.45, 7) is 2.28. The van der Waals surface area contributed by atoms with Gasteiger partial charge in [-0.05, 0) is 49.6 Å². The summed E-state index contributed by atoms with van der Waals surface area (Å²) in [6, 6.07) is 10.1. The van der Waals surface area contributed by atoms with E-state index in [2.05, 4.69) is 5.32 Å². The number of hydrogen-bond acceptors (Lipinski definition) is 6. The Morgan fingerprint density at radius 1 is 1.03 bits per heavy atom. The Kier molecular flexibility index (Phi) is 7.07. The number of carbonyl (C=O) groups excluding carboxylic acids is 1. The zero-order chi connectivity index (χ0) is 22.6. The van der Waals surface area contributed by atoms with Crippen LogP contribution in [0.25, 0.3) is 0 Å². The lowest BCUT2D eigenvalue weighted by Crippen LogP contribution is -2.43. The first kappa shape index (κ1) is 22.9. The normalized spacial score (nSPS) is 17.1. The summed E-state index contributed by atoms with van der Waals surface area (Å²) in [5.41, 5.74) is 1.32. The highest BCUT2D eigenvalue weighted by atomic mass is 32.2. The van der Waals surface area contributed by atoms with Crippen molar-refractivity contribution in [2.24, 2.45) is 5.92 Å². The molecule has 0 aromatic heterocycles. The first-order valence-corrected chi connectivity index (χ1v) is 11.4. The topological polar surface area (TPSA) is 94.2 Å². The second kappa shape index (κ2) is 9.57. The van der Waals surface area contributed by atoms with Gasteiger partial charge in [-0.25, -0.2) is 8.42 Å². The van der Waals surface area contributed by atoms with Gasteiger partial charge in [-0.1, -0.05) is 6.07 Å². The van der Waals surface area contributed by atoms with Gasteiger partial charge in [0.15, 0.2) is 0 Å². The molecule has 0 unspecified atom stereocenters. The maximum atomic E-state index is 13.3. The van der Waals surface area contributed by atoms with Crippen molar-refractivity contribution in [1.82, 2.24) is 4.31 Å². The van der Waals surface area contributed by atoms with E-state index in [1.807, 2.05) is 6.92 Å². The summed E-state index contributed by atoms with van der Waals surface area (Å²) in [5.74, 6) is 0.639. The van der Waals surface area contributed by atoms with Crippen molar-refractivity contribution in [2.45, 2.75) is 24.7 Å². The van der Waals surface area contributed by atoms with Gasteiger partial charge in [-0.3, -0.25) is 4.79 Å². The Balaban J connectivity index is 1.79. The predicted octanol–water partition coefficient (Wildman–Crippen LogP) is 3.06. The average Bonchev–Trinajstić information content (AvgIpc) is 2.79. The van der Waals surface area contributed by atoms with E-state index in [0.29, 0.717) is 42.3 Å². The molecule has 168 valence electrons. The highest BCUT2D eigenvalue weighted by Crippen LogP contribution is 2.32. The molecular formula is C22H28N2O6S. The minimum Gasteiger partial charge on any atom is -0.497 e. The molecule has 0 aliphatic carbocycles. The van der Waals surface area contributed by atoms with E-state index in [9.17, 15) is 13.2 Å². The molecule has 0 spiro atoms. The van der Waals surface area contributed by atoms with Crippen LogP contribution in [-0.2, 0) is 14.8 Å². The highest BCUT2D eigenvalue weighted by molar-refractivity contribution is 7.89. The number of methoxy groups -OCH3 is 3. The first-order chi connectivity index (χ1) is 14.8. The summed E-state index contributed by atoms with van der Waals surface area (Å²) < 4.78 is 43.7. The molecule has 3 rings (SSSR count). The lowest BCUT2D eigenvalue weighted by molar-refractivity contribution is -0.120. The molecule has 1 aliphatic rings. The van der Waals surface area contributed by atoms with Crippen LogP contribution in [-0.4, -0.2) is 53.0 Å². The molecular weight excluding hydrogens is 420 g/mol. The van der Waals surface area contributed by atoms with Gasteiger partial charge in [0.2, 0.25) is 15.9 Å². The van der Waals surface area contributed by atoms with E-state index in [4.69, 9.17) is 14.2 Å². The highest BCUT2D eigenvalue weighted by Gasteiger charge is 2.35. The molecule has 2 aromatic carbocycles. The molecule has 9 heteroatoms. The van der Waals surface area contributed by atoms with Crippen molar-refractivity contribution >= 4 is 21.6 Å². The van der Waals surface area contributed by atoms with Gasteiger partial charge >= 0.3 is 0 Å². The SMILES string of the molecule is COc1ccc(NC(=O)[C@@H]2CCCN(S(=O)(=O)c3cc(C)ccc3OC)C2)c(OC)c1. The number of nitrogens with zero attached hydrogens (tertiary/aromatic N) is 1. The number of benzene rings is 2. The minimum atomic E-state index is -3.80. The monoisotopic (exact) mass is 448 g/mol. The van der Waals surface area contributed by atoms with Crippen molar-refractivity contribution in [2.75, 3.05) is 39.7 Å². The molecule has 31 heavy (non-hydrogen) atoms. The van der Waals surface area contributed by atoms with Crippen molar-refractivity contribution in [3.8, 4) is 17.2 Å². The Hall–Kier alpha value is -2.78. The molecule has 1 N–H and O–H groups in total. The Labute approximate surface area is 183 Å². The van der Waals surface area contributed by atoms with E-state index < -0.39 is 15.9 Å². The summed E-state index contributed by atoms with van der Waals surface area (Å²) in [5, 5.41) is 2.86. The van der Waals surface area contributed by atoms with Crippen LogP contribution in [0.1, 0.15) is 18.4 Å². The number of piperidine rings is 1. The van der Waals surface area contributed by atoms with Crippen LogP contribution in [0.15, 0.2) is 41.3 Å². The molecule has 8 nitrogen and oxygen atoms in total. The fourth-order valence-corrected chi connectivity index (χ4v) is 5.40. The third kappa shape index (κ3) is 4.94. The van der Waals surface area contributed by atoms with E-state index in [0.717, 1.165) is 5.56 Å². The van der Waals surface area contributed by atoms with Gasteiger partial charge in [-0.2, -0.15) is 4.31 Å². The zero-order valence-corrected chi connectivity index (χ0v) is 19.0. The molecule has 1 fully saturated rings. The maximum absolute atomic E-state index is 13.3. The van der Waals surface area contributed by atoms with Gasteiger partial charge in [0.25, 0.3) is 0 Å². The lowest BCUT2D eigenvalue weighted by Gasteiger charge is -2.31. The molecule has 1 heterocycles. The largest absolute Gasteiger partial charge is 0.497 e. The number of amides is 1. The van der Waals surface area contributed by atoms with Crippen LogP contribution in [0.4, 0.5) is 5.69 Å². The van der Waals surface area contributed by atoms with Crippen LogP contribution in [0.3, 0.4) is 0 Å². The van der Waals surface area contributed by atoms with Gasteiger partial charge in [-0.15, -0.1) is 0 Å². The van der Waals surface area contributed by atoms with Crippen LogP contribution in [0.2, 0.25) is 0 Å². The fourth-order valence-electron chi connectivity index (χ4n) is 3.64. The van der Waals surface area contributed by atoms with Crippen molar-refractivity contribution in [3.05, 3.63) is 42.0 Å². The Morgan fingerprint density at radius 3 is 2.45 bits per heavy atom. The maximum Gasteiger partial charge on any atom is 0.246 e.